The minimum Gasteiger partial charge on any atom is -0.495 e. The highest BCUT2D eigenvalue weighted by Crippen LogP contribution is 2.35. The molecule has 184 valence electrons. The number of aromatic nitrogens is 2. The maximum Gasteiger partial charge on any atom is 0.421 e. The van der Waals surface area contributed by atoms with Crippen molar-refractivity contribution in [2.75, 3.05) is 43.9 Å². The number of fused-ring (bicyclic) bond motifs is 1. The van der Waals surface area contributed by atoms with Crippen LogP contribution in [0.1, 0.15) is 42.4 Å². The van der Waals surface area contributed by atoms with Crippen LogP contribution < -0.4 is 20.7 Å². The normalized spacial score (nSPS) is 16.2. The van der Waals surface area contributed by atoms with Crippen LogP contribution in [0.25, 0.3) is 0 Å². The summed E-state index contributed by atoms with van der Waals surface area (Å²) in [6.45, 7) is 3.04. The number of halogens is 3. The Hall–Kier alpha value is -3.08. The van der Waals surface area contributed by atoms with Gasteiger partial charge in [0, 0.05) is 38.8 Å². The number of nitrogens with zero attached hydrogens (tertiary/aromatic N) is 3. The molecule has 4 rings (SSSR count). The third-order valence-corrected chi connectivity index (χ3v) is 6.07. The molecule has 1 aromatic carbocycles. The number of nitrogens with one attached hydrogen (secondary N) is 3. The third-order valence-electron chi connectivity index (χ3n) is 6.07. The fraction of sp³-hybridized carbons (Fsp3) is 0.522. The summed E-state index contributed by atoms with van der Waals surface area (Å²) in [5.74, 6) is 0.409. The van der Waals surface area contributed by atoms with Gasteiger partial charge in [0.25, 0.3) is 0 Å². The molecule has 2 aromatic rings. The van der Waals surface area contributed by atoms with Crippen molar-refractivity contribution < 1.29 is 22.7 Å². The van der Waals surface area contributed by atoms with Crippen molar-refractivity contribution in [2.45, 2.75) is 44.8 Å². The first-order chi connectivity index (χ1) is 16.3. The van der Waals surface area contributed by atoms with Crippen LogP contribution in [-0.4, -0.2) is 54.1 Å². The maximum absolute atomic E-state index is 13.5. The maximum atomic E-state index is 13.5. The second-order valence-electron chi connectivity index (χ2n) is 8.44. The Bertz CT molecular complexity index is 1030. The van der Waals surface area contributed by atoms with Gasteiger partial charge >= 0.3 is 6.18 Å². The number of amides is 1. The van der Waals surface area contributed by atoms with E-state index in [1.165, 1.54) is 5.56 Å². The van der Waals surface area contributed by atoms with Crippen LogP contribution in [0.2, 0.25) is 0 Å². The molecule has 0 radical (unpaired) electrons. The molecular formula is C23H29F3N6O2. The van der Waals surface area contributed by atoms with E-state index in [9.17, 15) is 18.0 Å². The van der Waals surface area contributed by atoms with Crippen LogP contribution in [0.5, 0.6) is 5.75 Å². The Morgan fingerprint density at radius 2 is 2.06 bits per heavy atom. The standard InChI is InChI=1S/C23H29F3N6O2/c1-34-19-12-15-6-8-27-13-16(15)11-18(19)30-22-29-14-17(23(24,25)26)21(31-22)28-7-4-10-32-9-3-2-5-20(32)33/h11-12,14,27H,2-10,13H2,1H3,(H2,28,29,30,31). The molecule has 0 saturated carbocycles. The van der Waals surface area contributed by atoms with E-state index in [0.29, 0.717) is 43.9 Å². The number of ether oxygens (including phenoxy) is 1. The number of rotatable bonds is 8. The number of carbonyl (C=O) groups excluding carboxylic acids is 1. The molecule has 11 heteroatoms. The zero-order valence-corrected chi connectivity index (χ0v) is 19.1. The Morgan fingerprint density at radius 1 is 1.21 bits per heavy atom. The lowest BCUT2D eigenvalue weighted by atomic mass is 10.00. The molecule has 1 fully saturated rings. The number of hydrogen-bond acceptors (Lipinski definition) is 7. The largest absolute Gasteiger partial charge is 0.495 e. The first-order valence-electron chi connectivity index (χ1n) is 11.5. The Balaban J connectivity index is 1.48. The highest BCUT2D eigenvalue weighted by molar-refractivity contribution is 5.76. The summed E-state index contributed by atoms with van der Waals surface area (Å²) in [4.78, 5) is 21.7. The second-order valence-corrected chi connectivity index (χ2v) is 8.44. The SMILES string of the molecule is COc1cc2c(cc1Nc1ncc(C(F)(F)F)c(NCCCN3CCCCC3=O)n1)CNCC2. The van der Waals surface area contributed by atoms with Gasteiger partial charge in [0.1, 0.15) is 17.1 Å². The third kappa shape index (κ3) is 5.69. The molecule has 3 heterocycles. The van der Waals surface area contributed by atoms with Crippen molar-refractivity contribution in [3.8, 4) is 5.75 Å². The van der Waals surface area contributed by atoms with E-state index in [1.54, 1.807) is 12.0 Å². The molecule has 0 spiro atoms. The van der Waals surface area contributed by atoms with E-state index < -0.39 is 11.7 Å². The molecule has 1 aromatic heterocycles. The first kappa shape index (κ1) is 24.1. The number of benzene rings is 1. The van der Waals surface area contributed by atoms with Crippen LogP contribution in [0.3, 0.4) is 0 Å². The van der Waals surface area contributed by atoms with Crippen LogP contribution in [0, 0.1) is 0 Å². The number of hydrogen-bond donors (Lipinski definition) is 3. The minimum absolute atomic E-state index is 0.0312. The summed E-state index contributed by atoms with van der Waals surface area (Å²) >= 11 is 0. The van der Waals surface area contributed by atoms with Gasteiger partial charge in [-0.15, -0.1) is 0 Å². The van der Waals surface area contributed by atoms with E-state index >= 15 is 0 Å². The molecular weight excluding hydrogens is 449 g/mol. The summed E-state index contributed by atoms with van der Waals surface area (Å²) < 4.78 is 46.1. The number of piperidine rings is 1. The van der Waals surface area contributed by atoms with Crippen molar-refractivity contribution in [3.05, 3.63) is 35.0 Å². The quantitative estimate of drug-likeness (QED) is 0.499. The summed E-state index contributed by atoms with van der Waals surface area (Å²) in [5, 5.41) is 9.09. The molecule has 34 heavy (non-hydrogen) atoms. The van der Waals surface area contributed by atoms with Crippen molar-refractivity contribution >= 4 is 23.4 Å². The Morgan fingerprint density at radius 3 is 2.82 bits per heavy atom. The number of alkyl halides is 3. The van der Waals surface area contributed by atoms with Crippen LogP contribution in [-0.2, 0) is 23.9 Å². The first-order valence-corrected chi connectivity index (χ1v) is 11.5. The van der Waals surface area contributed by atoms with Crippen molar-refractivity contribution in [1.82, 2.24) is 20.2 Å². The molecule has 2 aliphatic heterocycles. The summed E-state index contributed by atoms with van der Waals surface area (Å²) in [7, 11) is 1.54. The number of carbonyl (C=O) groups is 1. The van der Waals surface area contributed by atoms with Gasteiger partial charge in [-0.3, -0.25) is 4.79 Å². The van der Waals surface area contributed by atoms with Crippen molar-refractivity contribution in [3.63, 3.8) is 0 Å². The predicted octanol–water partition coefficient (Wildman–Crippen LogP) is 3.71. The topological polar surface area (TPSA) is 91.4 Å². The van der Waals surface area contributed by atoms with Gasteiger partial charge in [-0.2, -0.15) is 18.2 Å². The lowest BCUT2D eigenvalue weighted by molar-refractivity contribution is -0.137. The number of methoxy groups -OCH3 is 1. The smallest absolute Gasteiger partial charge is 0.421 e. The van der Waals surface area contributed by atoms with Crippen molar-refractivity contribution in [1.29, 1.82) is 0 Å². The van der Waals surface area contributed by atoms with E-state index in [1.807, 2.05) is 12.1 Å². The van der Waals surface area contributed by atoms with Gasteiger partial charge in [-0.25, -0.2) is 4.98 Å². The van der Waals surface area contributed by atoms with Crippen LogP contribution >= 0.6 is 0 Å². The lowest BCUT2D eigenvalue weighted by Crippen LogP contribution is -2.36. The lowest BCUT2D eigenvalue weighted by Gasteiger charge is -2.26. The molecule has 0 aliphatic carbocycles. The summed E-state index contributed by atoms with van der Waals surface area (Å²) in [6, 6.07) is 3.84. The molecule has 1 saturated heterocycles. The fourth-order valence-corrected chi connectivity index (χ4v) is 4.26. The fourth-order valence-electron chi connectivity index (χ4n) is 4.26. The van der Waals surface area contributed by atoms with E-state index in [-0.39, 0.29) is 24.2 Å². The van der Waals surface area contributed by atoms with Gasteiger partial charge in [0.05, 0.1) is 12.8 Å². The highest BCUT2D eigenvalue weighted by Gasteiger charge is 2.35. The van der Waals surface area contributed by atoms with E-state index in [2.05, 4.69) is 25.9 Å². The molecule has 2 aliphatic rings. The Labute approximate surface area is 196 Å². The monoisotopic (exact) mass is 478 g/mol. The molecule has 0 unspecified atom stereocenters. The molecule has 1 amide bonds. The number of likely N-dealkylation sites (tertiary alicyclic amines) is 1. The molecule has 8 nitrogen and oxygen atoms in total. The molecule has 0 atom stereocenters. The van der Waals surface area contributed by atoms with E-state index in [0.717, 1.165) is 37.6 Å². The average Bonchev–Trinajstić information content (AvgIpc) is 2.82. The molecule has 3 N–H and O–H groups in total. The number of anilines is 3. The van der Waals surface area contributed by atoms with Gasteiger partial charge in [0.2, 0.25) is 11.9 Å². The average molecular weight is 479 g/mol. The van der Waals surface area contributed by atoms with E-state index in [4.69, 9.17) is 4.74 Å². The van der Waals surface area contributed by atoms with Gasteiger partial charge in [0.15, 0.2) is 0 Å². The van der Waals surface area contributed by atoms with Gasteiger partial charge in [-0.05, 0) is 55.5 Å². The minimum atomic E-state index is -4.60. The highest BCUT2D eigenvalue weighted by atomic mass is 19.4. The van der Waals surface area contributed by atoms with Crippen LogP contribution in [0.15, 0.2) is 18.3 Å². The zero-order valence-electron chi connectivity index (χ0n) is 19.1. The second kappa shape index (κ2) is 10.5. The summed E-state index contributed by atoms with van der Waals surface area (Å²) in [5.41, 5.74) is 1.91. The predicted molar refractivity (Wildman–Crippen MR) is 122 cm³/mol. The Kier molecular flexibility index (Phi) is 7.40. The molecule has 0 bridgehead atoms. The zero-order chi connectivity index (χ0) is 24.1. The van der Waals surface area contributed by atoms with Gasteiger partial charge < -0.3 is 25.6 Å². The van der Waals surface area contributed by atoms with Crippen LogP contribution in [0.4, 0.5) is 30.6 Å². The van der Waals surface area contributed by atoms with Crippen molar-refractivity contribution in [2.24, 2.45) is 0 Å². The summed E-state index contributed by atoms with van der Waals surface area (Å²) in [6.07, 6.45) is -0.0431. The van der Waals surface area contributed by atoms with Gasteiger partial charge in [-0.1, -0.05) is 0 Å².